The predicted octanol–water partition coefficient (Wildman–Crippen LogP) is 5.39. The second-order valence-corrected chi connectivity index (χ2v) is 13.1. The number of benzene rings is 1. The van der Waals surface area contributed by atoms with Crippen LogP contribution in [0.25, 0.3) is 15.7 Å². The molecule has 1 N–H and O–H groups in total. The van der Waals surface area contributed by atoms with Crippen LogP contribution in [0, 0.1) is 5.41 Å². The molecule has 3 atom stereocenters. The van der Waals surface area contributed by atoms with Gasteiger partial charge in [0.05, 0.1) is 28.3 Å². The summed E-state index contributed by atoms with van der Waals surface area (Å²) < 4.78 is 19.2. The maximum absolute atomic E-state index is 12.8. The summed E-state index contributed by atoms with van der Waals surface area (Å²) in [5.74, 6) is 0.815. The van der Waals surface area contributed by atoms with Gasteiger partial charge < -0.3 is 19.7 Å². The summed E-state index contributed by atoms with van der Waals surface area (Å²) in [7, 11) is 0. The average molecular weight is 553 g/mol. The molecule has 2 saturated heterocycles. The van der Waals surface area contributed by atoms with E-state index >= 15 is 0 Å². The molecule has 2 aliphatic heterocycles. The molecule has 1 amide bonds. The molecule has 11 heteroatoms. The number of anilines is 1. The molecule has 0 radical (unpaired) electrons. The fourth-order valence-corrected chi connectivity index (χ4v) is 7.37. The quantitative estimate of drug-likeness (QED) is 0.360. The van der Waals surface area contributed by atoms with Gasteiger partial charge >= 0.3 is 6.09 Å². The zero-order valence-corrected chi connectivity index (χ0v) is 23.6. The van der Waals surface area contributed by atoms with E-state index in [4.69, 9.17) is 14.5 Å². The lowest BCUT2D eigenvalue weighted by Crippen LogP contribution is -2.60. The van der Waals surface area contributed by atoms with Gasteiger partial charge in [-0.2, -0.15) is 4.37 Å². The van der Waals surface area contributed by atoms with Gasteiger partial charge in [0.15, 0.2) is 5.65 Å². The first-order chi connectivity index (χ1) is 18.2. The lowest BCUT2D eigenvalue weighted by molar-refractivity contribution is 0.0385. The first-order valence-corrected chi connectivity index (χ1v) is 14.5. The summed E-state index contributed by atoms with van der Waals surface area (Å²) in [4.78, 5) is 26.8. The van der Waals surface area contributed by atoms with Crippen molar-refractivity contribution in [2.45, 2.75) is 68.1 Å². The monoisotopic (exact) mass is 552 g/mol. The van der Waals surface area contributed by atoms with Gasteiger partial charge in [-0.1, -0.05) is 23.9 Å². The summed E-state index contributed by atoms with van der Waals surface area (Å²) in [6, 6.07) is 6.12. The fraction of sp³-hybridized carbons (Fsp3) is 0.481. The molecular weight excluding hydrogens is 520 g/mol. The van der Waals surface area contributed by atoms with Crippen molar-refractivity contribution in [3.8, 4) is 0 Å². The zero-order chi connectivity index (χ0) is 26.5. The molecule has 38 heavy (non-hydrogen) atoms. The van der Waals surface area contributed by atoms with Crippen molar-refractivity contribution in [3.05, 3.63) is 43.0 Å². The number of hydrogen-bond acceptors (Lipinski definition) is 9. The highest BCUT2D eigenvalue weighted by Crippen LogP contribution is 2.43. The van der Waals surface area contributed by atoms with Crippen molar-refractivity contribution in [3.63, 3.8) is 0 Å². The number of ether oxygens (including phenoxy) is 2. The Morgan fingerprint density at radius 3 is 2.92 bits per heavy atom. The van der Waals surface area contributed by atoms with Gasteiger partial charge in [-0.15, -0.1) is 0 Å². The van der Waals surface area contributed by atoms with Crippen LogP contribution in [0.4, 0.5) is 10.7 Å². The minimum Gasteiger partial charge on any atom is -0.444 e. The van der Waals surface area contributed by atoms with Crippen LogP contribution in [0.15, 0.2) is 52.8 Å². The Morgan fingerprint density at radius 2 is 2.13 bits per heavy atom. The Kier molecular flexibility index (Phi) is 6.48. The van der Waals surface area contributed by atoms with Gasteiger partial charge in [0, 0.05) is 53.6 Å². The first kappa shape index (κ1) is 25.4. The van der Waals surface area contributed by atoms with Gasteiger partial charge in [-0.05, 0) is 58.1 Å². The van der Waals surface area contributed by atoms with Crippen molar-refractivity contribution in [2.75, 3.05) is 24.6 Å². The van der Waals surface area contributed by atoms with Gasteiger partial charge in [-0.25, -0.2) is 14.8 Å². The van der Waals surface area contributed by atoms with Crippen LogP contribution in [0.3, 0.4) is 0 Å². The molecule has 0 aliphatic carbocycles. The smallest absolute Gasteiger partial charge is 0.407 e. The summed E-state index contributed by atoms with van der Waals surface area (Å²) in [5.41, 5.74) is 0.174. The highest BCUT2D eigenvalue weighted by atomic mass is 32.2. The highest BCUT2D eigenvalue weighted by Gasteiger charge is 2.49. The number of nitrogens with zero attached hydrogens (tertiary/aromatic N) is 5. The lowest BCUT2D eigenvalue weighted by atomic mass is 9.73. The molecule has 2 fully saturated rings. The standard InChI is InChI=1S/C27H32N6O3S2/c1-17-12-27(16-35-17)8-10-32(15-21(27)31-25(34)36-26(2,3)4)24-29-14-20(23-28-9-11-33(23)24)37-19-7-5-6-18-13-30-38-22(18)19/h5-7,9,11,13-14,17,21H,8,10,12,15-16H2,1-4H3,(H,31,34)/t17-,21?,27?/m0/s1. The number of carbonyl (C=O) groups excluding carboxylic acids is 1. The van der Waals surface area contributed by atoms with Gasteiger partial charge in [0.1, 0.15) is 5.60 Å². The molecule has 3 aromatic heterocycles. The molecule has 5 heterocycles. The second kappa shape index (κ2) is 9.69. The summed E-state index contributed by atoms with van der Waals surface area (Å²) in [6.45, 7) is 9.80. The molecule has 0 saturated carbocycles. The SMILES string of the molecule is C[C@H]1CC2(CCN(c3ncc(Sc4cccc5cnsc45)c4nccn34)CC2NC(=O)OC(C)(C)C)CO1. The van der Waals surface area contributed by atoms with Crippen molar-refractivity contribution in [1.29, 1.82) is 0 Å². The molecule has 9 nitrogen and oxygen atoms in total. The van der Waals surface area contributed by atoms with E-state index in [1.54, 1.807) is 11.8 Å². The van der Waals surface area contributed by atoms with E-state index in [9.17, 15) is 4.79 Å². The number of rotatable bonds is 4. The van der Waals surface area contributed by atoms with Crippen LogP contribution in [0.2, 0.25) is 0 Å². The molecule has 200 valence electrons. The molecular formula is C27H32N6O3S2. The molecule has 4 aromatic rings. The number of alkyl carbamates (subject to hydrolysis) is 1. The van der Waals surface area contributed by atoms with E-state index in [1.807, 2.05) is 50.0 Å². The van der Waals surface area contributed by atoms with Crippen LogP contribution >= 0.6 is 23.3 Å². The maximum Gasteiger partial charge on any atom is 0.407 e. The van der Waals surface area contributed by atoms with E-state index in [2.05, 4.69) is 44.7 Å². The van der Waals surface area contributed by atoms with E-state index < -0.39 is 11.7 Å². The lowest BCUT2D eigenvalue weighted by Gasteiger charge is -2.45. The van der Waals surface area contributed by atoms with Crippen molar-refractivity contribution in [2.24, 2.45) is 5.41 Å². The third kappa shape index (κ3) is 4.83. The second-order valence-electron chi connectivity index (χ2n) is 11.2. The van der Waals surface area contributed by atoms with Crippen LogP contribution in [-0.4, -0.2) is 62.3 Å². The van der Waals surface area contributed by atoms with Gasteiger partial charge in [0.25, 0.3) is 0 Å². The Hall–Kier alpha value is -2.89. The Morgan fingerprint density at radius 1 is 1.26 bits per heavy atom. The van der Waals surface area contributed by atoms with E-state index in [1.165, 1.54) is 11.5 Å². The van der Waals surface area contributed by atoms with Crippen LogP contribution in [0.5, 0.6) is 0 Å². The minimum atomic E-state index is -0.563. The van der Waals surface area contributed by atoms with E-state index in [0.717, 1.165) is 50.9 Å². The number of carbonyl (C=O) groups is 1. The number of hydrogen-bond donors (Lipinski definition) is 1. The molecule has 2 unspecified atom stereocenters. The minimum absolute atomic E-state index is 0.121. The van der Waals surface area contributed by atoms with Crippen LogP contribution < -0.4 is 10.2 Å². The van der Waals surface area contributed by atoms with E-state index in [-0.39, 0.29) is 17.6 Å². The number of fused-ring (bicyclic) bond motifs is 2. The normalized spacial score (nSPS) is 23.9. The van der Waals surface area contributed by atoms with Crippen molar-refractivity contribution < 1.29 is 14.3 Å². The molecule has 1 spiro atoms. The topological polar surface area (TPSA) is 93.9 Å². The third-order valence-electron chi connectivity index (χ3n) is 7.28. The summed E-state index contributed by atoms with van der Waals surface area (Å²) in [6.07, 6.45) is 9.15. The molecule has 1 aromatic carbocycles. The third-order valence-corrected chi connectivity index (χ3v) is 9.33. The largest absolute Gasteiger partial charge is 0.444 e. The number of nitrogens with one attached hydrogen (secondary N) is 1. The average Bonchev–Trinajstić information content (AvgIpc) is 3.60. The predicted molar refractivity (Wildman–Crippen MR) is 149 cm³/mol. The Balaban J connectivity index is 1.28. The van der Waals surface area contributed by atoms with Gasteiger partial charge in [-0.3, -0.25) is 4.40 Å². The molecule has 2 aliphatic rings. The fourth-order valence-electron chi connectivity index (χ4n) is 5.54. The highest BCUT2D eigenvalue weighted by molar-refractivity contribution is 8.00. The maximum atomic E-state index is 12.8. The van der Waals surface area contributed by atoms with Crippen LogP contribution in [0.1, 0.15) is 40.5 Å². The summed E-state index contributed by atoms with van der Waals surface area (Å²) in [5, 5.41) is 4.32. The summed E-state index contributed by atoms with van der Waals surface area (Å²) >= 11 is 3.16. The molecule has 0 bridgehead atoms. The Bertz CT molecular complexity index is 1480. The van der Waals surface area contributed by atoms with Crippen molar-refractivity contribution in [1.82, 2.24) is 24.1 Å². The van der Waals surface area contributed by atoms with Gasteiger partial charge in [0.2, 0.25) is 5.95 Å². The number of aromatic nitrogens is 4. The number of amides is 1. The number of piperidine rings is 1. The van der Waals surface area contributed by atoms with Crippen LogP contribution in [-0.2, 0) is 9.47 Å². The zero-order valence-electron chi connectivity index (χ0n) is 22.0. The molecule has 6 rings (SSSR count). The van der Waals surface area contributed by atoms with Crippen molar-refractivity contribution >= 4 is 51.1 Å². The Labute approximate surface area is 230 Å². The first-order valence-electron chi connectivity index (χ1n) is 12.9. The van der Waals surface area contributed by atoms with E-state index in [0.29, 0.717) is 13.2 Å². The number of imidazole rings is 1.